The number of aliphatic hydroxyl groups is 4. The van der Waals surface area contributed by atoms with Crippen molar-refractivity contribution in [2.45, 2.75) is 227 Å². The summed E-state index contributed by atoms with van der Waals surface area (Å²) in [6.45, 7) is 0.0279. The molecule has 77 heteroatoms. The normalized spacial score (nSPS) is 40.7. The quantitative estimate of drug-likeness (QED) is 0.0143. The van der Waals surface area contributed by atoms with Crippen molar-refractivity contribution in [3.05, 3.63) is 0 Å². The fourth-order valence-corrected chi connectivity index (χ4v) is 16.0. The molecule has 0 radical (unpaired) electrons. The Labute approximate surface area is 728 Å². The zero-order chi connectivity index (χ0) is 93.0. The minimum absolute atomic E-state index is 0.942. The Balaban J connectivity index is 1.40. The largest absolute Gasteiger partial charge is 0.748 e. The lowest BCUT2D eigenvalue weighted by atomic mass is 9.82. The number of hydrogen-bond donors (Lipinski definition) is 6. The monoisotopic (exact) mass is 2070 g/mol. The van der Waals surface area contributed by atoms with E-state index in [2.05, 4.69) is 47.5 Å². The average molecular weight is 2080 g/mol. The lowest BCUT2D eigenvalue weighted by molar-refractivity contribution is -0.413. The second-order valence-electron chi connectivity index (χ2n) is 26.3. The highest BCUT2D eigenvalue weighted by Gasteiger charge is 2.59. The van der Waals surface area contributed by atoms with Crippen LogP contribution in [0, 0.1) is 35.5 Å². The van der Waals surface area contributed by atoms with Crippen molar-refractivity contribution in [1.82, 2.24) is 0 Å². The van der Waals surface area contributed by atoms with Crippen molar-refractivity contribution in [3.8, 4) is 0 Å². The fourth-order valence-electron chi connectivity index (χ4n) is 13.5. The smallest absolute Gasteiger partial charge is 0.397 e. The van der Waals surface area contributed by atoms with Crippen LogP contribution < -0.4 is 0 Å². The number of aliphatic hydroxyl groups excluding tert-OH is 4. The standard InChI is InChI=1S/C48H84O65S12/c1-14-27(49)38(102-124(73,74)75)29(51)45(86-14)81-11-24-21(8-82-46-37(99-111-121(67)68)26(33(18(5)89-46)95-107-117(59)60)13-84-47-39(100-112-122(69)70)28(50)34(19(6)90-47)96-108-118(61)62)30(92-104-114(53)54)16(3)87-43(24)79-10-23-22(9-83-48-41(101-113-123(71)72)40(103-125(76,77)78)35(20(7)91-48)97-109-119(63)64)31(93-105-115(55)56)17(4)88-44(23)80-12-25-32(94-106-116(57)58)15(2)85-42(52)36(25)98-110-120(65)66/h14-52H,8-13H2,1-7H3,(H,53,54)(H,55,56)(H,57,58)(H,59,60)(H,61,62)(H,63,64)(H,65,66)(H,67,68)(H,69,70)(H,71,72)(H,73,74,75)(H,76,77,78)/p-10. The van der Waals surface area contributed by atoms with Gasteiger partial charge in [0.1, 0.15) is 175 Å². The van der Waals surface area contributed by atoms with Crippen LogP contribution in [0.15, 0.2) is 0 Å². The van der Waals surface area contributed by atoms with E-state index >= 15 is 0 Å². The molecule has 0 aromatic heterocycles. The third kappa shape index (κ3) is 34.5. The second kappa shape index (κ2) is 52.6. The molecule has 45 unspecified atom stereocenters. The van der Waals surface area contributed by atoms with E-state index in [1.807, 2.05) is 0 Å². The van der Waals surface area contributed by atoms with Gasteiger partial charge < -0.3 is 128 Å². The van der Waals surface area contributed by atoms with Crippen molar-refractivity contribution in [2.75, 3.05) is 39.6 Å². The molecule has 0 aromatic rings. The van der Waals surface area contributed by atoms with Crippen molar-refractivity contribution in [1.29, 1.82) is 0 Å². The van der Waals surface area contributed by atoms with Crippen LogP contribution in [-0.4, -0.2) is 352 Å². The van der Waals surface area contributed by atoms with E-state index in [9.17, 15) is 134 Å². The molecule has 45 atom stereocenters. The lowest BCUT2D eigenvalue weighted by Gasteiger charge is -2.49. The predicted octanol–water partition coefficient (Wildman–Crippen LogP) is -10.4. The topological polar surface area (TPSA) is 914 Å². The van der Waals surface area contributed by atoms with Crippen molar-refractivity contribution < 1.29 is 296 Å². The summed E-state index contributed by atoms with van der Waals surface area (Å²) in [6, 6.07) is 0. The van der Waals surface area contributed by atoms with Gasteiger partial charge >= 0.3 is 20.8 Å². The van der Waals surface area contributed by atoms with Gasteiger partial charge in [0.25, 0.3) is 0 Å². The van der Waals surface area contributed by atoms with Gasteiger partial charge in [-0.05, 0) is 48.5 Å². The molecular weight excluding hydrogens is 2000 g/mol. The van der Waals surface area contributed by atoms with Gasteiger partial charge in [0.15, 0.2) is 74.6 Å². The van der Waals surface area contributed by atoms with Crippen LogP contribution >= 0.6 is 0 Å². The van der Waals surface area contributed by atoms with Gasteiger partial charge in [0.05, 0.1) is 82.4 Å². The minimum atomic E-state index is -5.86. The Kier molecular flexibility index (Phi) is 46.9. The summed E-state index contributed by atoms with van der Waals surface area (Å²) >= 11 is -36.6. The minimum Gasteiger partial charge on any atom is -0.748 e. The zero-order valence-corrected chi connectivity index (χ0v) is 72.9. The Morgan fingerprint density at radius 1 is 0.240 bits per heavy atom. The zero-order valence-electron chi connectivity index (χ0n) is 63.1. The van der Waals surface area contributed by atoms with E-state index in [4.69, 9.17) is 115 Å². The number of rotatable bonds is 52. The maximum atomic E-state index is 12.5. The molecule has 7 fully saturated rings. The molecule has 7 rings (SSSR count). The van der Waals surface area contributed by atoms with E-state index in [1.165, 1.54) is 0 Å². The van der Waals surface area contributed by atoms with Gasteiger partial charge in [0.2, 0.25) is 0 Å². The molecule has 65 nitrogen and oxygen atoms in total. The third-order valence-electron chi connectivity index (χ3n) is 18.6. The van der Waals surface area contributed by atoms with Crippen molar-refractivity contribution in [3.63, 3.8) is 0 Å². The second-order valence-corrected chi connectivity index (χ2v) is 33.8. The molecule has 125 heavy (non-hydrogen) atoms. The van der Waals surface area contributed by atoms with Gasteiger partial charge in [-0.3, -0.25) is 9.11 Å². The highest BCUT2D eigenvalue weighted by atomic mass is 32.3. The lowest BCUT2D eigenvalue weighted by Crippen LogP contribution is -2.62. The Bertz CT molecular complexity index is 3770. The van der Waals surface area contributed by atoms with Crippen LogP contribution in [0.4, 0.5) is 0 Å². The molecule has 0 bridgehead atoms. The van der Waals surface area contributed by atoms with E-state index in [0.29, 0.717) is 0 Å². The first-order chi connectivity index (χ1) is 58.5. The SMILES string of the molecule is CC1OC(OCC2C(OCC3C(OCC4C(OOS(=O)[O-])C(C)OC(O)C4OOS(=O)[O-])OC(C)C(OOS(=O)[O-])C3COC3OC(C)C(OOS(=O)[O-])C(OS(=O)(=O)O)C3OOS(=O)[O-])OC(C)C(OOS(=O)[O-])C2COC2OC(C)C(OOS(=O)[O-])C(COC3OC(C)C(OOS(=O)[O-])C(O)C3OOS(=O)[O-])C2OOS(=O)[O-])C(O)C(OS(=O)(=O)O)C1O. The molecule has 0 spiro atoms. The molecule has 0 aliphatic carbocycles. The fraction of sp³-hybridized carbons (Fsp3) is 1.00. The Morgan fingerprint density at radius 3 is 0.864 bits per heavy atom. The Hall–Kier alpha value is -0.640. The van der Waals surface area contributed by atoms with E-state index in [-0.39, 0.29) is 0 Å². The summed E-state index contributed by atoms with van der Waals surface area (Å²) in [4.78, 5) is 50.3. The molecule has 0 amide bonds. The van der Waals surface area contributed by atoms with E-state index in [0.717, 1.165) is 48.5 Å². The Morgan fingerprint density at radius 2 is 0.480 bits per heavy atom. The van der Waals surface area contributed by atoms with Crippen LogP contribution in [0.25, 0.3) is 0 Å². The predicted molar refractivity (Wildman–Crippen MR) is 359 cm³/mol. The third-order valence-corrected chi connectivity index (χ3v) is 21.5. The molecule has 7 aliphatic heterocycles. The van der Waals surface area contributed by atoms with Crippen LogP contribution in [-0.2, 0) is 297 Å². The van der Waals surface area contributed by atoms with Gasteiger partial charge in [-0.25, -0.2) is 99.3 Å². The van der Waals surface area contributed by atoms with Crippen molar-refractivity contribution >= 4 is 134 Å². The maximum Gasteiger partial charge on any atom is 0.397 e. The summed E-state index contributed by atoms with van der Waals surface area (Å²) in [5.41, 5.74) is 0. The highest BCUT2D eigenvalue weighted by Crippen LogP contribution is 2.44. The summed E-state index contributed by atoms with van der Waals surface area (Å²) in [7, 11) is -11.5. The van der Waals surface area contributed by atoms with Crippen molar-refractivity contribution in [2.24, 2.45) is 35.5 Å². The molecule has 6 N–H and O–H groups in total. The van der Waals surface area contributed by atoms with Crippen LogP contribution in [0.1, 0.15) is 48.5 Å². The molecule has 738 valence electrons. The van der Waals surface area contributed by atoms with Crippen LogP contribution in [0.5, 0.6) is 0 Å². The van der Waals surface area contributed by atoms with Gasteiger partial charge in [-0.1, -0.05) is 0 Å². The van der Waals surface area contributed by atoms with Crippen LogP contribution in [0.3, 0.4) is 0 Å². The summed E-state index contributed by atoms with van der Waals surface area (Å²) in [6.07, 6.45) is -61.8. The average Bonchev–Trinajstić information content (AvgIpc) is 0.774. The summed E-state index contributed by atoms with van der Waals surface area (Å²) in [5, 5.41) is 45.1. The maximum absolute atomic E-state index is 12.5. The summed E-state index contributed by atoms with van der Waals surface area (Å²) < 4.78 is 437. The van der Waals surface area contributed by atoms with Crippen LogP contribution in [0.2, 0.25) is 0 Å². The number of ether oxygens (including phenoxy) is 13. The van der Waals surface area contributed by atoms with E-state index < -0.39 is 388 Å². The van der Waals surface area contributed by atoms with Gasteiger partial charge in [-0.2, -0.15) is 16.8 Å². The summed E-state index contributed by atoms with van der Waals surface area (Å²) in [5.74, 6) is -11.8. The first kappa shape index (κ1) is 111. The molecule has 0 saturated carbocycles. The van der Waals surface area contributed by atoms with Gasteiger partial charge in [0, 0.05) is 35.5 Å². The van der Waals surface area contributed by atoms with E-state index in [1.54, 1.807) is 0 Å². The number of hydrogen-bond acceptors (Lipinski definition) is 63. The molecule has 7 heterocycles. The molecular formula is C48H74O65S12-10. The first-order valence-electron chi connectivity index (χ1n) is 34.2. The highest BCUT2D eigenvalue weighted by molar-refractivity contribution is 7.81. The first-order valence-corrected chi connectivity index (χ1v) is 46.9. The molecule has 0 aromatic carbocycles. The van der Waals surface area contributed by atoms with Gasteiger partial charge in [-0.15, -0.1) is 43.3 Å². The molecule has 7 aliphatic rings. The molecule has 7 saturated heterocycles.